The topological polar surface area (TPSA) is 35.5 Å². The number of hydrogen-bond acceptors (Lipinski definition) is 3. The maximum atomic E-state index is 12.9. The Bertz CT molecular complexity index is 297. The summed E-state index contributed by atoms with van der Waals surface area (Å²) in [6.07, 6.45) is -4.85. The molecule has 94 valence electrons. The van der Waals surface area contributed by atoms with Crippen molar-refractivity contribution >= 4 is 14.3 Å². The normalized spacial score (nSPS) is 30.1. The van der Waals surface area contributed by atoms with Gasteiger partial charge in [0, 0.05) is 6.42 Å². The highest BCUT2D eigenvalue weighted by atomic mass is 28.4. The first-order valence-electron chi connectivity index (χ1n) is 4.88. The average Bonchev–Trinajstić information content (AvgIpc) is 2.75. The lowest BCUT2D eigenvalue weighted by molar-refractivity contribution is -0.218. The molecule has 0 saturated heterocycles. The van der Waals surface area contributed by atoms with Crippen molar-refractivity contribution in [2.45, 2.75) is 37.8 Å². The Labute approximate surface area is 93.0 Å². The van der Waals surface area contributed by atoms with Crippen molar-refractivity contribution in [3.05, 3.63) is 0 Å². The van der Waals surface area contributed by atoms with Crippen molar-refractivity contribution < 1.29 is 27.1 Å². The Morgan fingerprint density at radius 3 is 2.19 bits per heavy atom. The highest BCUT2D eigenvalue weighted by molar-refractivity contribution is 6.69. The molecule has 0 aliphatic heterocycles. The van der Waals surface area contributed by atoms with Crippen molar-refractivity contribution in [1.29, 1.82) is 0 Å². The largest absolute Gasteiger partial charge is 0.469 e. The molecule has 1 rings (SSSR count). The monoisotopic (exact) mass is 256 g/mol. The van der Waals surface area contributed by atoms with Crippen molar-refractivity contribution in [1.82, 2.24) is 0 Å². The minimum absolute atomic E-state index is 0.326. The highest BCUT2D eigenvalue weighted by Crippen LogP contribution is 2.58. The number of ether oxygens (including phenoxy) is 1. The molecule has 7 heteroatoms. The zero-order valence-corrected chi connectivity index (χ0v) is 10.6. The summed E-state index contributed by atoms with van der Waals surface area (Å²) >= 11 is 0. The van der Waals surface area contributed by atoms with Crippen molar-refractivity contribution in [2.75, 3.05) is 7.11 Å². The molecular formula is C9H15F3O3Si. The van der Waals surface area contributed by atoms with E-state index in [1.165, 1.54) is 0 Å². The zero-order valence-electron chi connectivity index (χ0n) is 9.64. The molecule has 2 atom stereocenters. The molecule has 0 spiro atoms. The number of carbonyl (C=O) groups is 1. The van der Waals surface area contributed by atoms with Crippen LogP contribution in [0.15, 0.2) is 0 Å². The quantitative estimate of drug-likeness (QED) is 0.574. The van der Waals surface area contributed by atoms with Crippen molar-refractivity contribution in [2.24, 2.45) is 5.92 Å². The SMILES string of the molecule is COC(=O)C1CC1(O[Si](C)(C)C)C(F)(F)F. The Kier molecular flexibility index (Phi) is 3.15. The molecule has 0 bridgehead atoms. The molecular weight excluding hydrogens is 241 g/mol. The molecule has 0 aromatic heterocycles. The van der Waals surface area contributed by atoms with Gasteiger partial charge >= 0.3 is 12.1 Å². The van der Waals surface area contributed by atoms with E-state index in [9.17, 15) is 18.0 Å². The number of alkyl halides is 3. The van der Waals surface area contributed by atoms with Gasteiger partial charge in [-0.3, -0.25) is 4.79 Å². The van der Waals surface area contributed by atoms with Crippen LogP contribution in [-0.2, 0) is 14.0 Å². The van der Waals surface area contributed by atoms with E-state index in [1.54, 1.807) is 19.6 Å². The Morgan fingerprint density at radius 2 is 1.88 bits per heavy atom. The van der Waals surface area contributed by atoms with Crippen LogP contribution in [0.5, 0.6) is 0 Å². The van der Waals surface area contributed by atoms with Gasteiger partial charge in [0.15, 0.2) is 13.9 Å². The fourth-order valence-corrected chi connectivity index (χ4v) is 3.12. The number of rotatable bonds is 3. The number of hydrogen-bond donors (Lipinski definition) is 0. The summed E-state index contributed by atoms with van der Waals surface area (Å²) in [4.78, 5) is 11.1. The standard InChI is InChI=1S/C9H15F3O3Si/c1-14-7(13)6-5-8(6,9(10,11)12)15-16(2,3)4/h6H,5H2,1-4H3. The second-order valence-electron chi connectivity index (χ2n) is 4.88. The van der Waals surface area contributed by atoms with Crippen LogP contribution >= 0.6 is 0 Å². The summed E-state index contributed by atoms with van der Waals surface area (Å²) in [5, 5.41) is 0. The third kappa shape index (κ3) is 2.40. The van der Waals surface area contributed by atoms with Crippen LogP contribution < -0.4 is 0 Å². The first-order chi connectivity index (χ1) is 7.03. The van der Waals surface area contributed by atoms with Gasteiger partial charge in [-0.1, -0.05) is 0 Å². The average molecular weight is 256 g/mol. The summed E-state index contributed by atoms with van der Waals surface area (Å²) < 4.78 is 48.1. The molecule has 1 aliphatic rings. The van der Waals surface area contributed by atoms with E-state index in [0.29, 0.717) is 0 Å². The second-order valence-corrected chi connectivity index (χ2v) is 9.31. The summed E-state index contributed by atoms with van der Waals surface area (Å²) in [5.74, 6) is -2.06. The van der Waals surface area contributed by atoms with Gasteiger partial charge in [0.05, 0.1) is 13.0 Å². The van der Waals surface area contributed by atoms with Gasteiger partial charge in [-0.2, -0.15) is 13.2 Å². The molecule has 2 unspecified atom stereocenters. The molecule has 0 N–H and O–H groups in total. The lowest BCUT2D eigenvalue weighted by Crippen LogP contribution is -2.45. The Morgan fingerprint density at radius 1 is 1.38 bits per heavy atom. The molecule has 0 amide bonds. The number of methoxy groups -OCH3 is 1. The van der Waals surface area contributed by atoms with Gasteiger partial charge in [-0.15, -0.1) is 0 Å². The summed E-state index contributed by atoms with van der Waals surface area (Å²) in [6, 6.07) is 0. The van der Waals surface area contributed by atoms with Crippen LogP contribution in [-0.4, -0.2) is 33.2 Å². The van der Waals surface area contributed by atoms with E-state index >= 15 is 0 Å². The van der Waals surface area contributed by atoms with Gasteiger partial charge in [-0.25, -0.2) is 0 Å². The van der Waals surface area contributed by atoms with E-state index < -0.39 is 32.0 Å². The second kappa shape index (κ2) is 3.73. The lowest BCUT2D eigenvalue weighted by atomic mass is 10.2. The van der Waals surface area contributed by atoms with Crippen LogP contribution in [0.1, 0.15) is 6.42 Å². The molecule has 16 heavy (non-hydrogen) atoms. The van der Waals surface area contributed by atoms with Crippen LogP contribution in [0.25, 0.3) is 0 Å². The molecule has 1 fully saturated rings. The maximum absolute atomic E-state index is 12.9. The van der Waals surface area contributed by atoms with Gasteiger partial charge in [0.2, 0.25) is 0 Å². The molecule has 3 nitrogen and oxygen atoms in total. The molecule has 0 radical (unpaired) electrons. The predicted octanol–water partition coefficient (Wildman–Crippen LogP) is 2.33. The first-order valence-corrected chi connectivity index (χ1v) is 8.29. The van der Waals surface area contributed by atoms with E-state index in [4.69, 9.17) is 4.43 Å². The summed E-state index contributed by atoms with van der Waals surface area (Å²) in [5.41, 5.74) is -2.30. The van der Waals surface area contributed by atoms with Gasteiger partial charge in [-0.05, 0) is 19.6 Å². The lowest BCUT2D eigenvalue weighted by Gasteiger charge is -2.28. The minimum Gasteiger partial charge on any atom is -0.469 e. The van der Waals surface area contributed by atoms with Crippen molar-refractivity contribution in [3.8, 4) is 0 Å². The van der Waals surface area contributed by atoms with Crippen LogP contribution in [0.3, 0.4) is 0 Å². The Hall–Kier alpha value is -0.563. The fourth-order valence-electron chi connectivity index (χ4n) is 1.69. The summed E-state index contributed by atoms with van der Waals surface area (Å²) in [7, 11) is -1.29. The van der Waals surface area contributed by atoms with Crippen LogP contribution in [0.4, 0.5) is 13.2 Å². The smallest absolute Gasteiger partial charge is 0.417 e. The van der Waals surface area contributed by atoms with Crippen molar-refractivity contribution in [3.63, 3.8) is 0 Å². The number of carbonyl (C=O) groups excluding carboxylic acids is 1. The zero-order chi connectivity index (χ0) is 12.8. The molecule has 0 heterocycles. The first kappa shape index (κ1) is 13.5. The van der Waals surface area contributed by atoms with Crippen LogP contribution in [0, 0.1) is 5.92 Å². The van der Waals surface area contributed by atoms with E-state index in [0.717, 1.165) is 7.11 Å². The Balaban J connectivity index is 2.89. The molecule has 0 aromatic carbocycles. The van der Waals surface area contributed by atoms with Crippen LogP contribution in [0.2, 0.25) is 19.6 Å². The van der Waals surface area contributed by atoms with Gasteiger partial charge in [0.1, 0.15) is 0 Å². The third-order valence-electron chi connectivity index (χ3n) is 2.36. The fraction of sp³-hybridized carbons (Fsp3) is 0.889. The molecule has 1 saturated carbocycles. The highest BCUT2D eigenvalue weighted by Gasteiger charge is 2.76. The number of esters is 1. The van der Waals surface area contributed by atoms with E-state index in [2.05, 4.69) is 4.74 Å². The maximum Gasteiger partial charge on any atom is 0.417 e. The van der Waals surface area contributed by atoms with Gasteiger partial charge in [0.25, 0.3) is 0 Å². The third-order valence-corrected chi connectivity index (χ3v) is 3.34. The summed E-state index contributed by atoms with van der Waals surface area (Å²) in [6.45, 7) is 4.98. The van der Waals surface area contributed by atoms with E-state index in [-0.39, 0.29) is 6.42 Å². The van der Waals surface area contributed by atoms with E-state index in [1.807, 2.05) is 0 Å². The predicted molar refractivity (Wildman–Crippen MR) is 53.3 cm³/mol. The molecule has 0 aromatic rings. The van der Waals surface area contributed by atoms with Gasteiger partial charge < -0.3 is 9.16 Å². The number of halogens is 3. The molecule has 1 aliphatic carbocycles. The minimum atomic E-state index is -4.52.